The molecule has 1 aromatic carbocycles. The topological polar surface area (TPSA) is 73.5 Å². The zero-order valence-electron chi connectivity index (χ0n) is 14.8. The molecular weight excluding hydrogens is 375 g/mol. The number of hydrogen-bond acceptors (Lipinski definition) is 4. The van der Waals surface area contributed by atoms with Gasteiger partial charge in [-0.05, 0) is 63.2 Å². The van der Waals surface area contributed by atoms with Crippen molar-refractivity contribution in [1.82, 2.24) is 15.5 Å². The molecule has 1 unspecified atom stereocenters. The fourth-order valence-electron chi connectivity index (χ4n) is 3.26. The molecule has 3 N–H and O–H groups in total. The summed E-state index contributed by atoms with van der Waals surface area (Å²) in [5.41, 5.74) is 1.36. The minimum absolute atomic E-state index is 0. The van der Waals surface area contributed by atoms with Gasteiger partial charge in [-0.2, -0.15) is 0 Å². The van der Waals surface area contributed by atoms with Crippen molar-refractivity contribution in [3.05, 3.63) is 29.8 Å². The van der Waals surface area contributed by atoms with Crippen molar-refractivity contribution in [2.75, 3.05) is 44.6 Å². The predicted molar refractivity (Wildman–Crippen MR) is 109 cm³/mol. The monoisotopic (exact) mass is 402 g/mol. The van der Waals surface area contributed by atoms with E-state index in [4.69, 9.17) is 0 Å². The third kappa shape index (κ3) is 6.43. The minimum Gasteiger partial charge on any atom is -0.351 e. The van der Waals surface area contributed by atoms with Gasteiger partial charge in [0.05, 0.1) is 5.92 Å². The Hall–Kier alpha value is -1.34. The molecule has 0 aliphatic carbocycles. The first kappa shape index (κ1) is 22.7. The van der Waals surface area contributed by atoms with Gasteiger partial charge in [-0.3, -0.25) is 9.59 Å². The highest BCUT2D eigenvalue weighted by molar-refractivity contribution is 5.96. The van der Waals surface area contributed by atoms with Crippen molar-refractivity contribution in [3.8, 4) is 0 Å². The van der Waals surface area contributed by atoms with Crippen LogP contribution in [0.25, 0.3) is 0 Å². The fraction of sp³-hybridized carbons (Fsp3) is 0.556. The van der Waals surface area contributed by atoms with Gasteiger partial charge in [-0.25, -0.2) is 0 Å². The number of rotatable bonds is 6. The van der Waals surface area contributed by atoms with Crippen molar-refractivity contribution in [1.29, 1.82) is 0 Å². The van der Waals surface area contributed by atoms with E-state index in [0.717, 1.165) is 44.8 Å². The Morgan fingerprint density at radius 3 is 2.42 bits per heavy atom. The third-order valence-electron chi connectivity index (χ3n) is 4.76. The summed E-state index contributed by atoms with van der Waals surface area (Å²) in [6.45, 7) is 5.50. The van der Waals surface area contributed by atoms with Gasteiger partial charge in [0, 0.05) is 30.9 Å². The first-order valence-electron chi connectivity index (χ1n) is 8.84. The van der Waals surface area contributed by atoms with Crippen LogP contribution in [0.15, 0.2) is 24.3 Å². The van der Waals surface area contributed by atoms with Crippen molar-refractivity contribution < 1.29 is 9.59 Å². The first-order chi connectivity index (χ1) is 11.7. The van der Waals surface area contributed by atoms with E-state index in [-0.39, 0.29) is 42.5 Å². The second-order valence-electron chi connectivity index (χ2n) is 6.56. The van der Waals surface area contributed by atoms with Crippen molar-refractivity contribution in [2.45, 2.75) is 19.3 Å². The van der Waals surface area contributed by atoms with E-state index in [0.29, 0.717) is 12.1 Å². The first-order valence-corrected chi connectivity index (χ1v) is 8.84. The second kappa shape index (κ2) is 11.4. The van der Waals surface area contributed by atoms with Crippen LogP contribution in [0.3, 0.4) is 0 Å². The third-order valence-corrected chi connectivity index (χ3v) is 4.76. The summed E-state index contributed by atoms with van der Waals surface area (Å²) in [5.74, 6) is 0.0217. The highest BCUT2D eigenvalue weighted by atomic mass is 35.5. The maximum absolute atomic E-state index is 12.1. The Kier molecular flexibility index (Phi) is 9.94. The van der Waals surface area contributed by atoms with Gasteiger partial charge in [0.25, 0.3) is 5.91 Å². The van der Waals surface area contributed by atoms with Crippen molar-refractivity contribution >= 4 is 42.3 Å². The number of likely N-dealkylation sites (tertiary alicyclic amines) is 1. The van der Waals surface area contributed by atoms with E-state index in [1.807, 2.05) is 0 Å². The number of amides is 2. The molecule has 26 heavy (non-hydrogen) atoms. The molecule has 146 valence electrons. The van der Waals surface area contributed by atoms with Crippen molar-refractivity contribution in [2.24, 2.45) is 5.92 Å². The van der Waals surface area contributed by atoms with E-state index in [1.54, 1.807) is 24.3 Å². The van der Waals surface area contributed by atoms with E-state index >= 15 is 0 Å². The molecule has 0 aromatic heterocycles. The average molecular weight is 403 g/mol. The summed E-state index contributed by atoms with van der Waals surface area (Å²) in [6.07, 6.45) is 3.40. The van der Waals surface area contributed by atoms with Crippen LogP contribution in [0.5, 0.6) is 0 Å². The summed E-state index contributed by atoms with van der Waals surface area (Å²) >= 11 is 0. The van der Waals surface area contributed by atoms with Crippen LogP contribution in [-0.4, -0.2) is 56.0 Å². The lowest BCUT2D eigenvalue weighted by molar-refractivity contribution is -0.119. The number of nitrogens with one attached hydrogen (secondary N) is 3. The van der Waals surface area contributed by atoms with Crippen LogP contribution in [-0.2, 0) is 4.79 Å². The number of carbonyl (C=O) groups is 2. The fourth-order valence-corrected chi connectivity index (χ4v) is 3.26. The molecule has 0 spiro atoms. The Labute approximate surface area is 167 Å². The molecule has 2 fully saturated rings. The number of nitrogens with zero attached hydrogens (tertiary/aromatic N) is 1. The standard InChI is InChI=1S/C18H26N4O2.2ClH/c23-17(20-9-12-22-10-1-2-11-22)14-3-5-16(6-4-14)21-18(24)15-7-8-19-13-15;;/h3-6,15,19H,1-2,7-13H2,(H,20,23)(H,21,24);2*1H. The van der Waals surface area contributed by atoms with Gasteiger partial charge in [0.2, 0.25) is 5.91 Å². The van der Waals surface area contributed by atoms with Crippen LogP contribution in [0, 0.1) is 5.92 Å². The van der Waals surface area contributed by atoms with Gasteiger partial charge < -0.3 is 20.9 Å². The Morgan fingerprint density at radius 1 is 1.12 bits per heavy atom. The summed E-state index contributed by atoms with van der Waals surface area (Å²) in [6, 6.07) is 7.09. The smallest absolute Gasteiger partial charge is 0.251 e. The summed E-state index contributed by atoms with van der Waals surface area (Å²) in [5, 5.41) is 9.05. The zero-order chi connectivity index (χ0) is 16.8. The van der Waals surface area contributed by atoms with Crippen LogP contribution >= 0.6 is 24.8 Å². The summed E-state index contributed by atoms with van der Waals surface area (Å²) in [7, 11) is 0. The molecule has 0 bridgehead atoms. The Bertz CT molecular complexity index is 571. The van der Waals surface area contributed by atoms with Gasteiger partial charge in [-0.15, -0.1) is 24.8 Å². The molecule has 2 heterocycles. The van der Waals surface area contributed by atoms with Crippen LogP contribution in [0.2, 0.25) is 0 Å². The van der Waals surface area contributed by atoms with Gasteiger partial charge in [0.15, 0.2) is 0 Å². The minimum atomic E-state index is -0.0629. The quantitative estimate of drug-likeness (QED) is 0.679. The maximum Gasteiger partial charge on any atom is 0.251 e. The lowest BCUT2D eigenvalue weighted by atomic mass is 10.1. The molecule has 2 aliphatic heterocycles. The van der Waals surface area contributed by atoms with Gasteiger partial charge >= 0.3 is 0 Å². The molecular formula is C18H28Cl2N4O2. The average Bonchev–Trinajstić information content (AvgIpc) is 3.29. The summed E-state index contributed by atoms with van der Waals surface area (Å²) < 4.78 is 0. The van der Waals surface area contributed by atoms with E-state index in [9.17, 15) is 9.59 Å². The normalized spacial score (nSPS) is 19.3. The zero-order valence-corrected chi connectivity index (χ0v) is 16.5. The molecule has 1 atom stereocenters. The molecule has 8 heteroatoms. The van der Waals surface area contributed by atoms with Crippen LogP contribution < -0.4 is 16.0 Å². The van der Waals surface area contributed by atoms with Gasteiger partial charge in [0.1, 0.15) is 0 Å². The number of carbonyl (C=O) groups excluding carboxylic acids is 2. The van der Waals surface area contributed by atoms with Crippen LogP contribution in [0.1, 0.15) is 29.6 Å². The Balaban J connectivity index is 0.00000169. The maximum atomic E-state index is 12.1. The molecule has 0 radical (unpaired) electrons. The van der Waals surface area contributed by atoms with E-state index in [1.165, 1.54) is 12.8 Å². The SMILES string of the molecule is Cl.Cl.O=C(NCCN1CCCC1)c1ccc(NC(=O)C2CCNC2)cc1. The molecule has 2 amide bonds. The highest BCUT2D eigenvalue weighted by Crippen LogP contribution is 2.14. The van der Waals surface area contributed by atoms with E-state index in [2.05, 4.69) is 20.9 Å². The highest BCUT2D eigenvalue weighted by Gasteiger charge is 2.22. The second-order valence-corrected chi connectivity index (χ2v) is 6.56. The molecule has 2 aliphatic rings. The number of anilines is 1. The van der Waals surface area contributed by atoms with Gasteiger partial charge in [-0.1, -0.05) is 0 Å². The van der Waals surface area contributed by atoms with E-state index < -0.39 is 0 Å². The number of hydrogen-bond donors (Lipinski definition) is 3. The number of halogens is 2. The predicted octanol–water partition coefficient (Wildman–Crippen LogP) is 1.90. The lowest BCUT2D eigenvalue weighted by Crippen LogP contribution is -2.33. The lowest BCUT2D eigenvalue weighted by Gasteiger charge is -2.15. The molecule has 1 aromatic rings. The molecule has 6 nitrogen and oxygen atoms in total. The molecule has 0 saturated carbocycles. The van der Waals surface area contributed by atoms with Crippen molar-refractivity contribution in [3.63, 3.8) is 0 Å². The largest absolute Gasteiger partial charge is 0.351 e. The number of benzene rings is 1. The summed E-state index contributed by atoms with van der Waals surface area (Å²) in [4.78, 5) is 26.6. The van der Waals surface area contributed by atoms with Crippen LogP contribution in [0.4, 0.5) is 5.69 Å². The Morgan fingerprint density at radius 2 is 1.81 bits per heavy atom. The molecule has 2 saturated heterocycles. The molecule has 3 rings (SSSR count).